The molecule has 0 radical (unpaired) electrons. The molecule has 0 aliphatic rings. The molecule has 0 aromatic heterocycles. The zero-order valence-electron chi connectivity index (χ0n) is 19.7. The van der Waals surface area contributed by atoms with E-state index < -0.39 is 53.9 Å². The van der Waals surface area contributed by atoms with Crippen molar-refractivity contribution in [1.82, 2.24) is 10.6 Å². The van der Waals surface area contributed by atoms with E-state index in [1.54, 1.807) is 74.5 Å². The molecule has 11 nitrogen and oxygen atoms in total. The second-order valence-corrected chi connectivity index (χ2v) is 9.61. The predicted octanol–water partition coefficient (Wildman–Crippen LogP) is 2.48. The van der Waals surface area contributed by atoms with E-state index in [9.17, 15) is 29.2 Å². The molecule has 0 heterocycles. The van der Waals surface area contributed by atoms with E-state index >= 15 is 0 Å². The van der Waals surface area contributed by atoms with Crippen molar-refractivity contribution >= 4 is 35.7 Å². The van der Waals surface area contributed by atoms with Crippen molar-refractivity contribution in [2.24, 2.45) is 4.58 Å². The number of rotatable bonds is 14. The van der Waals surface area contributed by atoms with Gasteiger partial charge in [0, 0.05) is 28.6 Å². The molecule has 0 bridgehead atoms. The summed E-state index contributed by atoms with van der Waals surface area (Å²) in [4.78, 5) is 59.4. The summed E-state index contributed by atoms with van der Waals surface area (Å²) >= 11 is 0.771. The Hall–Kier alpha value is -3.77. The number of nitroso groups, excluding NO2 is 1. The second kappa shape index (κ2) is 14.0. The molecule has 2 aromatic carbocycles. The van der Waals surface area contributed by atoms with Crippen LogP contribution in [0.4, 0.5) is 0 Å². The molecule has 2 amide bonds. The molecule has 192 valence electrons. The second-order valence-electron chi connectivity index (χ2n) is 8.17. The number of esters is 1. The summed E-state index contributed by atoms with van der Waals surface area (Å²) in [5, 5.41) is 14.9. The molecule has 0 saturated carbocycles. The zero-order valence-corrected chi connectivity index (χ0v) is 20.5. The van der Waals surface area contributed by atoms with Crippen molar-refractivity contribution < 1.29 is 33.8 Å². The Bertz CT molecular complexity index is 1050. The Labute approximate surface area is 212 Å². The summed E-state index contributed by atoms with van der Waals surface area (Å²) in [5.74, 6) is -3.61. The number of benzene rings is 2. The molecule has 3 N–H and O–H groups in total. The average molecular weight is 518 g/mol. The van der Waals surface area contributed by atoms with Crippen molar-refractivity contribution in [3.8, 4) is 0 Å². The topological polar surface area (TPSA) is 160 Å². The van der Waals surface area contributed by atoms with Crippen molar-refractivity contribution in [3.63, 3.8) is 0 Å². The molecule has 36 heavy (non-hydrogen) atoms. The number of carboxylic acids is 1. The summed E-state index contributed by atoms with van der Waals surface area (Å²) in [5.41, 5.74) is 0.710. The molecular weight excluding hydrogens is 490 g/mol. The predicted molar refractivity (Wildman–Crippen MR) is 132 cm³/mol. The Morgan fingerprint density at radius 1 is 1.00 bits per heavy atom. The molecule has 0 fully saturated rings. The Kier molecular flexibility index (Phi) is 11.0. The van der Waals surface area contributed by atoms with Gasteiger partial charge in [-0.25, -0.2) is 9.59 Å². The molecule has 0 aliphatic heterocycles. The summed E-state index contributed by atoms with van der Waals surface area (Å²) in [6.45, 7) is 2.37. The van der Waals surface area contributed by atoms with Crippen LogP contribution < -0.4 is 10.6 Å². The van der Waals surface area contributed by atoms with Gasteiger partial charge in [-0.05, 0) is 31.5 Å². The normalized spacial score (nSPS) is 12.6. The van der Waals surface area contributed by atoms with Gasteiger partial charge in [0.2, 0.25) is 12.0 Å². The minimum Gasteiger partial charge on any atom is -0.478 e. The largest absolute Gasteiger partial charge is 0.478 e. The zero-order chi connectivity index (χ0) is 26.6. The smallest absolute Gasteiger partial charge is 0.347 e. The minimum absolute atomic E-state index is 0.136. The van der Waals surface area contributed by atoms with Gasteiger partial charge >= 0.3 is 11.9 Å². The SMILES string of the molecule is CC(C)(CNC(=O)COCC(=O)O[C@@H](C(=O)O)[C@@H](NC(=O)c1ccccc1)c1ccccc1)SN=O. The number of hydrogen-bond acceptors (Lipinski definition) is 9. The highest BCUT2D eigenvalue weighted by Crippen LogP contribution is 2.24. The number of nitrogens with one attached hydrogen (secondary N) is 2. The van der Waals surface area contributed by atoms with Crippen LogP contribution in [0, 0.1) is 4.91 Å². The van der Waals surface area contributed by atoms with E-state index in [-0.39, 0.29) is 6.54 Å². The van der Waals surface area contributed by atoms with Gasteiger partial charge in [-0.15, -0.1) is 4.91 Å². The van der Waals surface area contributed by atoms with Crippen molar-refractivity contribution in [3.05, 3.63) is 76.7 Å². The van der Waals surface area contributed by atoms with Crippen LogP contribution in [0.3, 0.4) is 0 Å². The maximum atomic E-state index is 12.7. The van der Waals surface area contributed by atoms with Crippen LogP contribution in [-0.4, -0.2) is 59.5 Å². The molecule has 2 atom stereocenters. The van der Waals surface area contributed by atoms with Gasteiger partial charge in [-0.3, -0.25) is 9.59 Å². The van der Waals surface area contributed by atoms with E-state index in [1.165, 1.54) is 0 Å². The van der Waals surface area contributed by atoms with Crippen LogP contribution in [0.1, 0.15) is 35.8 Å². The lowest BCUT2D eigenvalue weighted by atomic mass is 10.0. The number of nitrogens with zero attached hydrogens (tertiary/aromatic N) is 1. The van der Waals surface area contributed by atoms with Crippen LogP contribution in [0.25, 0.3) is 0 Å². The lowest BCUT2D eigenvalue weighted by Gasteiger charge is -2.25. The third kappa shape index (κ3) is 9.47. The van der Waals surface area contributed by atoms with Gasteiger partial charge in [0.25, 0.3) is 5.91 Å². The Morgan fingerprint density at radius 3 is 2.19 bits per heavy atom. The number of hydrogen-bond donors (Lipinski definition) is 3. The molecule has 0 aliphatic carbocycles. The maximum absolute atomic E-state index is 12.7. The summed E-state index contributed by atoms with van der Waals surface area (Å²) in [7, 11) is 0. The summed E-state index contributed by atoms with van der Waals surface area (Å²) in [6.07, 6.45) is -1.77. The van der Waals surface area contributed by atoms with Gasteiger partial charge < -0.3 is 25.2 Å². The van der Waals surface area contributed by atoms with Gasteiger partial charge in [-0.2, -0.15) is 0 Å². The van der Waals surface area contributed by atoms with Crippen LogP contribution in [0.2, 0.25) is 0 Å². The summed E-state index contributed by atoms with van der Waals surface area (Å²) in [6, 6.07) is 15.2. The number of carboxylic acid groups (broad SMARTS) is 1. The molecule has 2 rings (SSSR count). The lowest BCUT2D eigenvalue weighted by Crippen LogP contribution is -2.43. The Morgan fingerprint density at radius 2 is 1.61 bits per heavy atom. The number of aliphatic carboxylic acids is 1. The van der Waals surface area contributed by atoms with Gasteiger partial charge in [-0.1, -0.05) is 48.5 Å². The van der Waals surface area contributed by atoms with Crippen molar-refractivity contribution in [1.29, 1.82) is 0 Å². The number of ether oxygens (including phenoxy) is 2. The van der Waals surface area contributed by atoms with Crippen LogP contribution in [-0.2, 0) is 23.9 Å². The first-order chi connectivity index (χ1) is 17.1. The average Bonchev–Trinajstić information content (AvgIpc) is 2.85. The first-order valence-corrected chi connectivity index (χ1v) is 11.6. The quantitative estimate of drug-likeness (QED) is 0.194. The van der Waals surface area contributed by atoms with E-state index in [0.29, 0.717) is 11.1 Å². The monoisotopic (exact) mass is 517 g/mol. The van der Waals surface area contributed by atoms with Gasteiger partial charge in [0.05, 0.1) is 4.75 Å². The van der Waals surface area contributed by atoms with E-state index in [4.69, 9.17) is 9.47 Å². The molecular formula is C24H27N3O8S. The highest BCUT2D eigenvalue weighted by Gasteiger charge is 2.34. The number of carbonyl (C=O) groups is 4. The summed E-state index contributed by atoms with van der Waals surface area (Å²) < 4.78 is 12.3. The fourth-order valence-electron chi connectivity index (χ4n) is 2.97. The van der Waals surface area contributed by atoms with Crippen molar-refractivity contribution in [2.45, 2.75) is 30.7 Å². The highest BCUT2D eigenvalue weighted by atomic mass is 32.2. The van der Waals surface area contributed by atoms with E-state index in [1.807, 2.05) is 0 Å². The maximum Gasteiger partial charge on any atom is 0.347 e. The van der Waals surface area contributed by atoms with E-state index in [2.05, 4.69) is 15.2 Å². The van der Waals surface area contributed by atoms with Gasteiger partial charge in [0.15, 0.2) is 0 Å². The third-order valence-electron chi connectivity index (χ3n) is 4.73. The fourth-order valence-corrected chi connectivity index (χ4v) is 3.31. The van der Waals surface area contributed by atoms with Crippen LogP contribution in [0.15, 0.2) is 65.2 Å². The van der Waals surface area contributed by atoms with Crippen molar-refractivity contribution in [2.75, 3.05) is 19.8 Å². The number of amides is 2. The minimum atomic E-state index is -1.77. The van der Waals surface area contributed by atoms with Gasteiger partial charge in [0.1, 0.15) is 19.3 Å². The number of carbonyl (C=O) groups excluding carboxylic acids is 3. The van der Waals surface area contributed by atoms with Crippen LogP contribution in [0.5, 0.6) is 0 Å². The lowest BCUT2D eigenvalue weighted by molar-refractivity contribution is -0.169. The fraction of sp³-hybridized carbons (Fsp3) is 0.333. The first-order valence-electron chi connectivity index (χ1n) is 10.8. The molecule has 12 heteroatoms. The standard InChI is InChI=1S/C24H27N3O8S/c1-24(2,36-27-33)15-25-18(28)13-34-14-19(29)35-21(23(31)32)20(16-9-5-3-6-10-16)26-22(30)17-11-7-4-8-12-17/h3-12,20-21H,13-15H2,1-2H3,(H,25,28)(H,26,30)(H,31,32)/t20-,21+/m0/s1. The molecule has 0 saturated heterocycles. The Balaban J connectivity index is 2.01. The van der Waals surface area contributed by atoms with E-state index in [0.717, 1.165) is 11.9 Å². The molecule has 0 spiro atoms. The highest BCUT2D eigenvalue weighted by molar-refractivity contribution is 7.99. The van der Waals surface area contributed by atoms with Crippen LogP contribution >= 0.6 is 11.9 Å². The molecule has 2 aromatic rings. The molecule has 0 unspecified atom stereocenters. The third-order valence-corrected chi connectivity index (χ3v) is 5.45. The first kappa shape index (κ1) is 28.5.